The van der Waals surface area contributed by atoms with Crippen molar-refractivity contribution in [2.75, 3.05) is 12.4 Å². The van der Waals surface area contributed by atoms with Crippen LogP contribution in [-0.4, -0.2) is 12.4 Å². The number of hydrogen-bond donors (Lipinski definition) is 0. The summed E-state index contributed by atoms with van der Waals surface area (Å²) in [7, 11) is 0. The Morgan fingerprint density at radius 3 is 2.67 bits per heavy atom. The molecule has 0 fully saturated rings. The molecule has 3 nitrogen and oxygen atoms in total. The summed E-state index contributed by atoms with van der Waals surface area (Å²) < 4.78 is 23.9. The highest BCUT2D eigenvalue weighted by atomic mass is 35.5. The van der Waals surface area contributed by atoms with E-state index in [0.717, 1.165) is 23.3 Å². The fraction of sp³-hybridized carbons (Fsp3) is 0.467. The molecule has 1 aromatic carbocycles. The molecule has 0 saturated carbocycles. The van der Waals surface area contributed by atoms with E-state index in [9.17, 15) is 4.57 Å². The number of rotatable bonds is 8. The van der Waals surface area contributed by atoms with E-state index in [2.05, 4.69) is 0 Å². The van der Waals surface area contributed by atoms with Crippen LogP contribution in [0.3, 0.4) is 0 Å². The Balaban J connectivity index is 3.13. The van der Waals surface area contributed by atoms with E-state index in [1.165, 1.54) is 11.4 Å². The van der Waals surface area contributed by atoms with E-state index in [1.807, 2.05) is 45.9 Å². The molecule has 1 aromatic rings. The molecule has 0 radical (unpaired) electrons. The van der Waals surface area contributed by atoms with Crippen LogP contribution in [0.25, 0.3) is 6.08 Å². The number of hydrogen-bond acceptors (Lipinski definition) is 4. The minimum Gasteiger partial charge on any atom is -0.416 e. The summed E-state index contributed by atoms with van der Waals surface area (Å²) in [5.41, 5.74) is 1.67. The van der Waals surface area contributed by atoms with E-state index in [1.54, 1.807) is 6.07 Å². The van der Waals surface area contributed by atoms with Gasteiger partial charge < -0.3 is 4.52 Å². The standard InChI is InChI=1S/C15H22ClO3PS/c1-5-8-13-11-14(16)12(4)10-15(13)19-20(17,18-7-3)21-9-6-2/h5,8,10-11H,6-7,9H2,1-4H3. The van der Waals surface area contributed by atoms with Crippen molar-refractivity contribution in [1.29, 1.82) is 0 Å². The van der Waals surface area contributed by atoms with Crippen LogP contribution in [0, 0.1) is 6.92 Å². The van der Waals surface area contributed by atoms with Crippen molar-refractivity contribution in [1.82, 2.24) is 0 Å². The van der Waals surface area contributed by atoms with Crippen molar-refractivity contribution in [3.63, 3.8) is 0 Å². The van der Waals surface area contributed by atoms with Crippen molar-refractivity contribution in [2.45, 2.75) is 34.1 Å². The first-order valence-corrected chi connectivity index (χ1v) is 10.5. The number of halogens is 1. The van der Waals surface area contributed by atoms with Gasteiger partial charge in [0.05, 0.1) is 6.61 Å². The summed E-state index contributed by atoms with van der Waals surface area (Å²) in [6.45, 7) is 4.78. The lowest BCUT2D eigenvalue weighted by molar-refractivity contribution is 0.296. The molecular formula is C15H22ClO3PS. The van der Waals surface area contributed by atoms with Crippen LogP contribution < -0.4 is 4.52 Å². The van der Waals surface area contributed by atoms with Gasteiger partial charge in [0.25, 0.3) is 0 Å². The Morgan fingerprint density at radius 2 is 2.10 bits per heavy atom. The van der Waals surface area contributed by atoms with Gasteiger partial charge in [-0.1, -0.05) is 30.7 Å². The minimum atomic E-state index is -3.20. The molecule has 1 atom stereocenters. The van der Waals surface area contributed by atoms with Gasteiger partial charge in [-0.2, -0.15) is 0 Å². The second-order valence-corrected chi connectivity index (χ2v) is 8.95. The van der Waals surface area contributed by atoms with Gasteiger partial charge in [-0.05, 0) is 56.3 Å². The second-order valence-electron chi connectivity index (χ2n) is 4.43. The van der Waals surface area contributed by atoms with Gasteiger partial charge in [0.1, 0.15) is 5.75 Å². The van der Waals surface area contributed by atoms with Crippen molar-refractivity contribution >= 4 is 35.9 Å². The Morgan fingerprint density at radius 1 is 1.38 bits per heavy atom. The molecule has 1 rings (SSSR count). The van der Waals surface area contributed by atoms with Crippen LogP contribution in [-0.2, 0) is 9.09 Å². The highest BCUT2D eigenvalue weighted by Gasteiger charge is 2.27. The molecule has 0 saturated heterocycles. The first-order chi connectivity index (χ1) is 9.95. The van der Waals surface area contributed by atoms with Gasteiger partial charge in [-0.25, -0.2) is 4.57 Å². The summed E-state index contributed by atoms with van der Waals surface area (Å²) in [5, 5.41) is 0.655. The second kappa shape index (κ2) is 8.89. The zero-order chi connectivity index (χ0) is 15.9. The SMILES string of the molecule is CC=Cc1cc(Cl)c(C)cc1OP(=O)(OCC)SCCC. The van der Waals surface area contributed by atoms with E-state index in [0.29, 0.717) is 17.4 Å². The quantitative estimate of drug-likeness (QED) is 0.513. The van der Waals surface area contributed by atoms with Gasteiger partial charge in [0.15, 0.2) is 0 Å². The van der Waals surface area contributed by atoms with Crippen molar-refractivity contribution < 1.29 is 13.6 Å². The summed E-state index contributed by atoms with van der Waals surface area (Å²) in [6.07, 6.45) is 4.67. The molecule has 21 heavy (non-hydrogen) atoms. The van der Waals surface area contributed by atoms with Crippen molar-refractivity contribution in [3.8, 4) is 5.75 Å². The largest absolute Gasteiger partial charge is 0.440 e. The van der Waals surface area contributed by atoms with Crippen LogP contribution in [0.1, 0.15) is 38.3 Å². The fourth-order valence-corrected chi connectivity index (χ4v) is 5.26. The zero-order valence-electron chi connectivity index (χ0n) is 12.9. The zero-order valence-corrected chi connectivity index (χ0v) is 15.4. The number of allylic oxidation sites excluding steroid dienone is 1. The Hall–Kier alpha value is -0.410. The van der Waals surface area contributed by atoms with Gasteiger partial charge in [0, 0.05) is 16.3 Å². The highest BCUT2D eigenvalue weighted by Crippen LogP contribution is 2.60. The summed E-state index contributed by atoms with van der Waals surface area (Å²) in [4.78, 5) is 0. The maximum atomic E-state index is 12.8. The lowest BCUT2D eigenvalue weighted by Crippen LogP contribution is -1.98. The Kier molecular flexibility index (Phi) is 7.89. The number of benzene rings is 1. The molecular weight excluding hydrogens is 327 g/mol. The van der Waals surface area contributed by atoms with Gasteiger partial charge in [-0.15, -0.1) is 0 Å². The molecule has 6 heteroatoms. The van der Waals surface area contributed by atoms with Crippen LogP contribution in [0.15, 0.2) is 18.2 Å². The molecule has 0 aliphatic heterocycles. The Labute approximate surface area is 136 Å². The molecule has 0 bridgehead atoms. The molecule has 0 spiro atoms. The first-order valence-electron chi connectivity index (χ1n) is 6.97. The third-order valence-electron chi connectivity index (χ3n) is 2.59. The molecule has 118 valence electrons. The normalized spacial score (nSPS) is 14.3. The van der Waals surface area contributed by atoms with Crippen molar-refractivity contribution in [2.24, 2.45) is 0 Å². The van der Waals surface area contributed by atoms with Crippen LogP contribution in [0.2, 0.25) is 5.02 Å². The topological polar surface area (TPSA) is 35.5 Å². The van der Waals surface area contributed by atoms with Crippen molar-refractivity contribution in [3.05, 3.63) is 34.4 Å². The number of aryl methyl sites for hydroxylation is 1. The van der Waals surface area contributed by atoms with Crippen LogP contribution in [0.4, 0.5) is 0 Å². The maximum Gasteiger partial charge on any atom is 0.440 e. The monoisotopic (exact) mass is 348 g/mol. The predicted molar refractivity (Wildman–Crippen MR) is 93.5 cm³/mol. The minimum absolute atomic E-state index is 0.347. The highest BCUT2D eigenvalue weighted by molar-refractivity contribution is 8.55. The smallest absolute Gasteiger partial charge is 0.416 e. The molecule has 0 heterocycles. The van der Waals surface area contributed by atoms with Gasteiger partial charge in [0.2, 0.25) is 0 Å². The first kappa shape index (κ1) is 18.6. The van der Waals surface area contributed by atoms with Crippen LogP contribution >= 0.6 is 29.8 Å². The van der Waals surface area contributed by atoms with E-state index < -0.39 is 6.80 Å². The summed E-state index contributed by atoms with van der Waals surface area (Å²) >= 11 is 7.38. The van der Waals surface area contributed by atoms with E-state index in [-0.39, 0.29) is 0 Å². The summed E-state index contributed by atoms with van der Waals surface area (Å²) in [5.74, 6) is 1.26. The average molecular weight is 349 g/mol. The average Bonchev–Trinajstić information content (AvgIpc) is 2.43. The molecule has 0 aromatic heterocycles. The lowest BCUT2D eigenvalue weighted by atomic mass is 10.1. The molecule has 0 N–H and O–H groups in total. The predicted octanol–water partition coefficient (Wildman–Crippen LogP) is 6.35. The maximum absolute atomic E-state index is 12.8. The third-order valence-corrected chi connectivity index (χ3v) is 6.93. The summed E-state index contributed by atoms with van der Waals surface area (Å²) in [6, 6.07) is 3.61. The Bertz CT molecular complexity index is 546. The third kappa shape index (κ3) is 5.71. The lowest BCUT2D eigenvalue weighted by Gasteiger charge is -2.19. The molecule has 0 aliphatic rings. The molecule has 1 unspecified atom stereocenters. The molecule has 0 amide bonds. The molecule has 0 aliphatic carbocycles. The van der Waals surface area contributed by atoms with E-state index >= 15 is 0 Å². The van der Waals surface area contributed by atoms with Crippen LogP contribution in [0.5, 0.6) is 5.75 Å². The van der Waals surface area contributed by atoms with Gasteiger partial charge in [-0.3, -0.25) is 4.52 Å². The fourth-order valence-electron chi connectivity index (χ4n) is 1.63. The van der Waals surface area contributed by atoms with E-state index in [4.69, 9.17) is 20.6 Å². The van der Waals surface area contributed by atoms with Gasteiger partial charge >= 0.3 is 6.80 Å².